The van der Waals surface area contributed by atoms with E-state index in [9.17, 15) is 13.6 Å². The molecular weight excluding hydrogens is 268 g/mol. The Morgan fingerprint density at radius 1 is 1.35 bits per heavy atom. The summed E-state index contributed by atoms with van der Waals surface area (Å²) in [6, 6.07) is 7.97. The molecule has 0 aliphatic heterocycles. The number of nitrogens with zero attached hydrogens (tertiary/aromatic N) is 3. The Morgan fingerprint density at radius 2 is 2.05 bits per heavy atom. The topological polar surface area (TPSA) is 90.2 Å². The van der Waals surface area contributed by atoms with Crippen molar-refractivity contribution < 1.29 is 13.6 Å². The van der Waals surface area contributed by atoms with Crippen molar-refractivity contribution in [2.75, 3.05) is 17.3 Å². The first-order chi connectivity index (χ1) is 9.49. The van der Waals surface area contributed by atoms with Crippen molar-refractivity contribution >= 4 is 17.2 Å². The van der Waals surface area contributed by atoms with E-state index in [2.05, 4.69) is 5.10 Å². The SMILES string of the molecule is Nc1ccccc1N(N)CC(=O)c1ccn(C(F)F)n1. The number of hydrogen-bond donors (Lipinski definition) is 2. The molecule has 20 heavy (non-hydrogen) atoms. The number of carbonyl (C=O) groups is 1. The fraction of sp³-hybridized carbons (Fsp3) is 0.167. The molecule has 0 radical (unpaired) electrons. The molecule has 6 nitrogen and oxygen atoms in total. The van der Waals surface area contributed by atoms with Crippen molar-refractivity contribution in [2.45, 2.75) is 6.55 Å². The van der Waals surface area contributed by atoms with Gasteiger partial charge in [-0.25, -0.2) is 10.5 Å². The summed E-state index contributed by atoms with van der Waals surface area (Å²) in [7, 11) is 0. The third-order valence-electron chi connectivity index (χ3n) is 2.65. The molecular formula is C12H13F2N5O. The van der Waals surface area contributed by atoms with Gasteiger partial charge in [0.15, 0.2) is 0 Å². The van der Waals surface area contributed by atoms with Gasteiger partial charge in [0.05, 0.1) is 17.9 Å². The van der Waals surface area contributed by atoms with Crippen LogP contribution in [-0.4, -0.2) is 22.1 Å². The van der Waals surface area contributed by atoms with Crippen LogP contribution in [0.4, 0.5) is 20.2 Å². The number of alkyl halides is 2. The second kappa shape index (κ2) is 5.66. The largest absolute Gasteiger partial charge is 0.397 e. The van der Waals surface area contributed by atoms with E-state index in [1.54, 1.807) is 24.3 Å². The normalized spacial score (nSPS) is 10.8. The maximum Gasteiger partial charge on any atom is 0.333 e. The number of carbonyl (C=O) groups excluding carboxylic acids is 1. The highest BCUT2D eigenvalue weighted by Crippen LogP contribution is 2.20. The van der Waals surface area contributed by atoms with Gasteiger partial charge in [0.25, 0.3) is 0 Å². The Bertz CT molecular complexity index is 613. The Kier molecular flexibility index (Phi) is 3.94. The summed E-state index contributed by atoms with van der Waals surface area (Å²) in [6.45, 7) is -3.00. The zero-order valence-electron chi connectivity index (χ0n) is 10.4. The summed E-state index contributed by atoms with van der Waals surface area (Å²) in [5.41, 5.74) is 6.55. The number of aromatic nitrogens is 2. The van der Waals surface area contributed by atoms with Gasteiger partial charge in [-0.2, -0.15) is 13.9 Å². The Balaban J connectivity index is 2.09. The number of hydrogen-bond acceptors (Lipinski definition) is 5. The third-order valence-corrected chi connectivity index (χ3v) is 2.65. The highest BCUT2D eigenvalue weighted by atomic mass is 19.3. The minimum atomic E-state index is -2.78. The minimum absolute atomic E-state index is 0.0738. The van der Waals surface area contributed by atoms with E-state index in [0.717, 1.165) is 11.2 Å². The predicted molar refractivity (Wildman–Crippen MR) is 70.2 cm³/mol. The fourth-order valence-corrected chi connectivity index (χ4v) is 1.67. The lowest BCUT2D eigenvalue weighted by Crippen LogP contribution is -2.36. The smallest absolute Gasteiger partial charge is 0.333 e. The number of anilines is 2. The van der Waals surface area contributed by atoms with Crippen molar-refractivity contribution in [3.05, 3.63) is 42.2 Å². The molecule has 1 aromatic heterocycles. The molecule has 0 saturated carbocycles. The lowest BCUT2D eigenvalue weighted by molar-refractivity contribution is 0.0561. The van der Waals surface area contributed by atoms with Gasteiger partial charge in [-0.3, -0.25) is 4.79 Å². The highest BCUT2D eigenvalue weighted by Gasteiger charge is 2.16. The number of nitrogens with two attached hydrogens (primary N) is 2. The monoisotopic (exact) mass is 281 g/mol. The van der Waals surface area contributed by atoms with Gasteiger partial charge in [0.1, 0.15) is 5.69 Å². The molecule has 106 valence electrons. The van der Waals surface area contributed by atoms with E-state index in [-0.39, 0.29) is 12.2 Å². The van der Waals surface area contributed by atoms with Crippen LogP contribution in [0, 0.1) is 0 Å². The van der Waals surface area contributed by atoms with E-state index in [4.69, 9.17) is 11.6 Å². The van der Waals surface area contributed by atoms with Crippen molar-refractivity contribution in [1.29, 1.82) is 0 Å². The summed E-state index contributed by atoms with van der Waals surface area (Å²) >= 11 is 0. The fourth-order valence-electron chi connectivity index (χ4n) is 1.67. The average Bonchev–Trinajstić information content (AvgIpc) is 2.88. The lowest BCUT2D eigenvalue weighted by atomic mass is 10.2. The van der Waals surface area contributed by atoms with E-state index in [0.29, 0.717) is 16.1 Å². The average molecular weight is 281 g/mol. The van der Waals surface area contributed by atoms with Gasteiger partial charge < -0.3 is 10.7 Å². The van der Waals surface area contributed by atoms with Crippen LogP contribution >= 0.6 is 0 Å². The van der Waals surface area contributed by atoms with Crippen LogP contribution in [0.15, 0.2) is 36.5 Å². The number of hydrazine groups is 1. The summed E-state index contributed by atoms with van der Waals surface area (Å²) in [5, 5.41) is 4.63. The maximum atomic E-state index is 12.4. The quantitative estimate of drug-likeness (QED) is 0.374. The summed E-state index contributed by atoms with van der Waals surface area (Å²) < 4.78 is 25.1. The molecule has 1 aromatic carbocycles. The lowest BCUT2D eigenvalue weighted by Gasteiger charge is -2.18. The highest BCUT2D eigenvalue weighted by molar-refractivity contribution is 5.97. The molecule has 0 atom stereocenters. The van der Waals surface area contributed by atoms with Crippen molar-refractivity contribution in [3.63, 3.8) is 0 Å². The summed E-state index contributed by atoms with van der Waals surface area (Å²) in [4.78, 5) is 11.9. The molecule has 0 fully saturated rings. The Labute approximate surface area is 113 Å². The van der Waals surface area contributed by atoms with Gasteiger partial charge >= 0.3 is 6.55 Å². The molecule has 0 spiro atoms. The number of Topliss-reactive ketones (excluding diaryl/α,β-unsaturated/α-hetero) is 1. The molecule has 0 aliphatic carbocycles. The van der Waals surface area contributed by atoms with Gasteiger partial charge in [-0.05, 0) is 18.2 Å². The number of rotatable bonds is 5. The van der Waals surface area contributed by atoms with E-state index >= 15 is 0 Å². The maximum absolute atomic E-state index is 12.4. The molecule has 8 heteroatoms. The predicted octanol–water partition coefficient (Wildman–Crippen LogP) is 1.42. The first-order valence-electron chi connectivity index (χ1n) is 5.72. The van der Waals surface area contributed by atoms with Crippen molar-refractivity contribution in [3.8, 4) is 0 Å². The van der Waals surface area contributed by atoms with Crippen molar-refractivity contribution in [2.24, 2.45) is 5.84 Å². The molecule has 1 heterocycles. The van der Waals surface area contributed by atoms with Gasteiger partial charge in [0.2, 0.25) is 5.78 Å². The Hall–Kier alpha value is -2.48. The first-order valence-corrected chi connectivity index (χ1v) is 5.72. The first kappa shape index (κ1) is 13.9. The van der Waals surface area contributed by atoms with E-state index in [1.807, 2.05) is 0 Å². The molecule has 0 saturated heterocycles. The molecule has 2 aromatic rings. The molecule has 2 rings (SSSR count). The van der Waals surface area contributed by atoms with Crippen LogP contribution in [0.1, 0.15) is 17.0 Å². The zero-order chi connectivity index (χ0) is 14.7. The molecule has 0 bridgehead atoms. The second-order valence-corrected chi connectivity index (χ2v) is 4.07. The van der Waals surface area contributed by atoms with Gasteiger partial charge in [0, 0.05) is 6.20 Å². The standard InChI is InChI=1S/C12H13F2N5O/c13-12(14)19-6-5-9(17-19)11(20)7-18(16)10-4-2-1-3-8(10)15/h1-6,12H,7,15-16H2. The van der Waals surface area contributed by atoms with Gasteiger partial charge in [-0.15, -0.1) is 0 Å². The number of benzene rings is 1. The molecule has 0 aliphatic rings. The molecule has 0 unspecified atom stereocenters. The Morgan fingerprint density at radius 3 is 2.65 bits per heavy atom. The van der Waals surface area contributed by atoms with Crippen LogP contribution in [-0.2, 0) is 0 Å². The number of nitrogen functional groups attached to an aromatic ring is 1. The molecule has 4 N–H and O–H groups in total. The van der Waals surface area contributed by atoms with Crippen LogP contribution in [0.5, 0.6) is 0 Å². The minimum Gasteiger partial charge on any atom is -0.397 e. The van der Waals surface area contributed by atoms with Crippen LogP contribution in [0.25, 0.3) is 0 Å². The molecule has 0 amide bonds. The summed E-state index contributed by atoms with van der Waals surface area (Å²) in [6.07, 6.45) is 1.04. The number of ketones is 1. The van der Waals surface area contributed by atoms with Crippen LogP contribution in [0.3, 0.4) is 0 Å². The van der Waals surface area contributed by atoms with E-state index in [1.165, 1.54) is 6.07 Å². The van der Waals surface area contributed by atoms with E-state index < -0.39 is 12.3 Å². The summed E-state index contributed by atoms with van der Waals surface area (Å²) in [5.74, 6) is 5.27. The zero-order valence-corrected chi connectivity index (χ0v) is 10.4. The van der Waals surface area contributed by atoms with Crippen LogP contribution < -0.4 is 16.6 Å². The van der Waals surface area contributed by atoms with Gasteiger partial charge in [-0.1, -0.05) is 12.1 Å². The van der Waals surface area contributed by atoms with Crippen LogP contribution in [0.2, 0.25) is 0 Å². The number of para-hydroxylation sites is 2. The third kappa shape index (κ3) is 2.91. The second-order valence-electron chi connectivity index (χ2n) is 4.07. The number of halogens is 2. The van der Waals surface area contributed by atoms with Crippen molar-refractivity contribution in [1.82, 2.24) is 9.78 Å².